The molecular formula is C26H34FN3O5. The number of hydrogen-bond acceptors (Lipinski definition) is 5. The molecule has 1 saturated carbocycles. The summed E-state index contributed by atoms with van der Waals surface area (Å²) in [7, 11) is 0. The minimum Gasteiger partial charge on any atom is -0.481 e. The van der Waals surface area contributed by atoms with Gasteiger partial charge in [-0.3, -0.25) is 9.59 Å². The number of carbonyl (C=O) groups excluding carboxylic acids is 1. The molecule has 1 fully saturated rings. The van der Waals surface area contributed by atoms with Crippen LogP contribution in [0.15, 0.2) is 30.3 Å². The van der Waals surface area contributed by atoms with Crippen molar-refractivity contribution < 1.29 is 29.3 Å². The number of hydrogen-bond donors (Lipinski definition) is 4. The SMILES string of the molecule is CC(C)c1c(C(=O)NC2CCCCC2)nn(-c2ccc(F)cc2)c1/C=C/[C@H](O)C[C@@H](O)CC(=O)O. The maximum absolute atomic E-state index is 13.6. The zero-order valence-corrected chi connectivity index (χ0v) is 20.2. The molecule has 1 aromatic carbocycles. The molecule has 1 amide bonds. The van der Waals surface area contributed by atoms with Gasteiger partial charge in [-0.25, -0.2) is 9.07 Å². The highest BCUT2D eigenvalue weighted by Crippen LogP contribution is 2.29. The van der Waals surface area contributed by atoms with Crippen molar-refractivity contribution in [1.82, 2.24) is 15.1 Å². The highest BCUT2D eigenvalue weighted by molar-refractivity contribution is 5.95. The lowest BCUT2D eigenvalue weighted by atomic mass is 9.94. The first-order valence-electron chi connectivity index (χ1n) is 12.1. The summed E-state index contributed by atoms with van der Waals surface area (Å²) in [5.41, 5.74) is 2.05. The summed E-state index contributed by atoms with van der Waals surface area (Å²) in [6.07, 6.45) is 5.30. The maximum atomic E-state index is 13.6. The van der Waals surface area contributed by atoms with Crippen LogP contribution in [0.5, 0.6) is 0 Å². The van der Waals surface area contributed by atoms with Gasteiger partial charge in [-0.2, -0.15) is 5.10 Å². The summed E-state index contributed by atoms with van der Waals surface area (Å²) in [6, 6.07) is 5.82. The van der Waals surface area contributed by atoms with Gasteiger partial charge in [0.1, 0.15) is 5.82 Å². The van der Waals surface area contributed by atoms with Crippen LogP contribution < -0.4 is 5.32 Å². The van der Waals surface area contributed by atoms with Crippen molar-refractivity contribution in [3.05, 3.63) is 53.1 Å². The van der Waals surface area contributed by atoms with E-state index in [0.29, 0.717) is 16.9 Å². The predicted octanol–water partition coefficient (Wildman–Crippen LogP) is 3.80. The first-order valence-corrected chi connectivity index (χ1v) is 12.1. The van der Waals surface area contributed by atoms with E-state index in [1.54, 1.807) is 22.9 Å². The standard InChI is InChI=1S/C26H34FN3O5/c1-16(2)24-22(13-12-20(31)14-21(32)15-23(33)34)30(19-10-8-17(27)9-11-19)29-25(24)26(35)28-18-6-4-3-5-7-18/h8-13,16,18,20-21,31-32H,3-7,14-15H2,1-2H3,(H,28,35)(H,33,34)/b13-12+/t20-,21+/m0/s1. The van der Waals surface area contributed by atoms with Crippen LogP contribution >= 0.6 is 0 Å². The number of nitrogens with zero attached hydrogens (tertiary/aromatic N) is 2. The second kappa shape index (κ2) is 12.1. The Balaban J connectivity index is 1.97. The lowest BCUT2D eigenvalue weighted by Crippen LogP contribution is -2.36. The van der Waals surface area contributed by atoms with E-state index >= 15 is 0 Å². The van der Waals surface area contributed by atoms with Crippen LogP contribution in [0.2, 0.25) is 0 Å². The van der Waals surface area contributed by atoms with Gasteiger partial charge in [-0.15, -0.1) is 0 Å². The number of nitrogens with one attached hydrogen (secondary N) is 1. The third-order valence-electron chi connectivity index (χ3n) is 6.16. The lowest BCUT2D eigenvalue weighted by Gasteiger charge is -2.22. The van der Waals surface area contributed by atoms with Crippen LogP contribution in [-0.4, -0.2) is 55.2 Å². The zero-order valence-electron chi connectivity index (χ0n) is 20.2. The Kier molecular flexibility index (Phi) is 9.17. The van der Waals surface area contributed by atoms with Crippen LogP contribution in [-0.2, 0) is 4.79 Å². The normalized spacial score (nSPS) is 16.5. The van der Waals surface area contributed by atoms with E-state index in [0.717, 1.165) is 25.7 Å². The molecule has 1 aromatic heterocycles. The molecule has 4 N–H and O–H groups in total. The van der Waals surface area contributed by atoms with Crippen LogP contribution in [0.3, 0.4) is 0 Å². The van der Waals surface area contributed by atoms with E-state index in [2.05, 4.69) is 10.4 Å². The third kappa shape index (κ3) is 7.22. The van der Waals surface area contributed by atoms with E-state index in [4.69, 9.17) is 5.11 Å². The molecule has 2 atom stereocenters. The number of benzene rings is 1. The van der Waals surface area contributed by atoms with Crippen LogP contribution in [0.4, 0.5) is 4.39 Å². The van der Waals surface area contributed by atoms with Crippen LogP contribution in [0, 0.1) is 5.82 Å². The number of amides is 1. The summed E-state index contributed by atoms with van der Waals surface area (Å²) < 4.78 is 15.1. The second-order valence-corrected chi connectivity index (χ2v) is 9.41. The summed E-state index contributed by atoms with van der Waals surface area (Å²) in [5.74, 6) is -1.92. The van der Waals surface area contributed by atoms with E-state index in [9.17, 15) is 24.2 Å². The molecule has 8 nitrogen and oxygen atoms in total. The topological polar surface area (TPSA) is 125 Å². The van der Waals surface area contributed by atoms with Crippen molar-refractivity contribution in [2.24, 2.45) is 0 Å². The highest BCUT2D eigenvalue weighted by atomic mass is 19.1. The number of rotatable bonds is 10. The first kappa shape index (κ1) is 26.6. The number of aliphatic carboxylic acids is 1. The Bertz CT molecular complexity index is 1040. The fourth-order valence-electron chi connectivity index (χ4n) is 4.46. The molecule has 1 aliphatic carbocycles. The van der Waals surface area contributed by atoms with Gasteiger partial charge in [0.15, 0.2) is 5.69 Å². The molecule has 0 spiro atoms. The Morgan fingerprint density at radius 3 is 2.43 bits per heavy atom. The molecule has 0 unspecified atom stereocenters. The number of halogens is 1. The van der Waals surface area contributed by atoms with Gasteiger partial charge in [0, 0.05) is 18.0 Å². The molecule has 190 valence electrons. The third-order valence-corrected chi connectivity index (χ3v) is 6.16. The van der Waals surface area contributed by atoms with E-state index in [1.165, 1.54) is 24.6 Å². The zero-order chi connectivity index (χ0) is 25.5. The fourth-order valence-corrected chi connectivity index (χ4v) is 4.46. The Morgan fingerprint density at radius 1 is 1.17 bits per heavy atom. The van der Waals surface area contributed by atoms with Crippen molar-refractivity contribution in [1.29, 1.82) is 0 Å². The van der Waals surface area contributed by atoms with Gasteiger partial charge in [-0.05, 0) is 49.1 Å². The first-order chi connectivity index (χ1) is 16.7. The predicted molar refractivity (Wildman–Crippen MR) is 130 cm³/mol. The summed E-state index contributed by atoms with van der Waals surface area (Å²) >= 11 is 0. The van der Waals surface area contributed by atoms with E-state index < -0.39 is 30.4 Å². The average Bonchev–Trinajstić information content (AvgIpc) is 3.18. The molecule has 1 heterocycles. The van der Waals surface area contributed by atoms with Gasteiger partial charge in [0.2, 0.25) is 0 Å². The molecule has 1 aliphatic rings. The fraction of sp³-hybridized carbons (Fsp3) is 0.500. The highest BCUT2D eigenvalue weighted by Gasteiger charge is 2.27. The molecule has 2 aromatic rings. The molecular weight excluding hydrogens is 453 g/mol. The van der Waals surface area contributed by atoms with Crippen molar-refractivity contribution >= 4 is 18.0 Å². The van der Waals surface area contributed by atoms with Gasteiger partial charge in [0.25, 0.3) is 5.91 Å². The maximum Gasteiger partial charge on any atom is 0.305 e. The molecule has 0 aliphatic heterocycles. The number of aromatic nitrogens is 2. The van der Waals surface area contributed by atoms with E-state index in [-0.39, 0.29) is 30.0 Å². The smallest absolute Gasteiger partial charge is 0.305 e. The molecule has 0 saturated heterocycles. The quantitative estimate of drug-likeness (QED) is 0.404. The number of aliphatic hydroxyl groups excluding tert-OH is 2. The van der Waals surface area contributed by atoms with Gasteiger partial charge < -0.3 is 20.6 Å². The van der Waals surface area contributed by atoms with Gasteiger partial charge >= 0.3 is 5.97 Å². The number of carboxylic acid groups (broad SMARTS) is 1. The van der Waals surface area contributed by atoms with Crippen LogP contribution in [0.1, 0.15) is 86.5 Å². The number of aliphatic hydroxyl groups is 2. The van der Waals surface area contributed by atoms with Crippen LogP contribution in [0.25, 0.3) is 11.8 Å². The Morgan fingerprint density at radius 2 is 1.83 bits per heavy atom. The molecule has 0 bridgehead atoms. The lowest BCUT2D eigenvalue weighted by molar-refractivity contribution is -0.139. The summed E-state index contributed by atoms with van der Waals surface area (Å²) in [5, 5.41) is 36.7. The van der Waals surface area contributed by atoms with E-state index in [1.807, 2.05) is 13.8 Å². The summed E-state index contributed by atoms with van der Waals surface area (Å²) in [4.78, 5) is 24.1. The number of carbonyl (C=O) groups is 2. The van der Waals surface area contributed by atoms with Crippen molar-refractivity contribution in [2.75, 3.05) is 0 Å². The largest absolute Gasteiger partial charge is 0.481 e. The second-order valence-electron chi connectivity index (χ2n) is 9.41. The van der Waals surface area contributed by atoms with Gasteiger partial charge in [0.05, 0.1) is 30.0 Å². The summed E-state index contributed by atoms with van der Waals surface area (Å²) in [6.45, 7) is 3.88. The molecule has 3 rings (SSSR count). The molecule has 9 heteroatoms. The molecule has 35 heavy (non-hydrogen) atoms. The molecule has 0 radical (unpaired) electrons. The Labute approximate surface area is 204 Å². The minimum atomic E-state index is -1.20. The monoisotopic (exact) mass is 487 g/mol. The number of carboxylic acids is 1. The van der Waals surface area contributed by atoms with Crippen molar-refractivity contribution in [2.45, 2.75) is 83.0 Å². The van der Waals surface area contributed by atoms with Gasteiger partial charge in [-0.1, -0.05) is 39.2 Å². The van der Waals surface area contributed by atoms with Crippen molar-refractivity contribution in [3.8, 4) is 5.69 Å². The Hall–Kier alpha value is -3.04. The average molecular weight is 488 g/mol. The van der Waals surface area contributed by atoms with Crippen molar-refractivity contribution in [3.63, 3.8) is 0 Å². The minimum absolute atomic E-state index is 0.0919.